The fourth-order valence-corrected chi connectivity index (χ4v) is 6.20. The van der Waals surface area contributed by atoms with E-state index in [4.69, 9.17) is 14.2 Å². The van der Waals surface area contributed by atoms with Crippen molar-refractivity contribution in [2.75, 3.05) is 43.2 Å². The number of rotatable bonds is 12. The number of hydrogen-bond acceptors (Lipinski definition) is 7. The standard InChI is InChI=1S/C33H39NO6S/c1-4-34-16-15-25-20-27(39-17-6-18-41(3,36)37)12-13-28(25)30-19-23(7-14-32(30)34)22-40-26-10-8-24(9-11-26)29-21-31(29)33(35)38-5-2/h7-14,19-20,29,31H,4-6,15-18,21-22H2,1-3H3/t29?,31-/m0/s1. The first kappa shape index (κ1) is 29.0. The first-order valence-electron chi connectivity index (χ1n) is 14.5. The van der Waals surface area contributed by atoms with E-state index in [1.165, 1.54) is 28.6 Å². The predicted molar refractivity (Wildman–Crippen MR) is 162 cm³/mol. The van der Waals surface area contributed by atoms with Gasteiger partial charge in [-0.25, -0.2) is 8.42 Å². The molecule has 41 heavy (non-hydrogen) atoms. The maximum absolute atomic E-state index is 12.0. The molecule has 7 nitrogen and oxygen atoms in total. The van der Waals surface area contributed by atoms with E-state index in [0.717, 1.165) is 48.6 Å². The van der Waals surface area contributed by atoms with Crippen LogP contribution in [0.5, 0.6) is 11.5 Å². The highest BCUT2D eigenvalue weighted by molar-refractivity contribution is 7.90. The number of esters is 1. The summed E-state index contributed by atoms with van der Waals surface area (Å²) in [7, 11) is -2.99. The molecular formula is C33H39NO6S. The van der Waals surface area contributed by atoms with Crippen LogP contribution in [0.1, 0.15) is 49.3 Å². The van der Waals surface area contributed by atoms with Gasteiger partial charge in [0.25, 0.3) is 0 Å². The Morgan fingerprint density at radius 2 is 1.73 bits per heavy atom. The van der Waals surface area contributed by atoms with Gasteiger partial charge in [-0.1, -0.05) is 24.3 Å². The van der Waals surface area contributed by atoms with Crippen molar-refractivity contribution in [3.8, 4) is 22.6 Å². The molecule has 8 heteroatoms. The molecule has 0 N–H and O–H groups in total. The zero-order valence-electron chi connectivity index (χ0n) is 24.1. The van der Waals surface area contributed by atoms with E-state index in [1.54, 1.807) is 0 Å². The summed E-state index contributed by atoms with van der Waals surface area (Å²) >= 11 is 0. The van der Waals surface area contributed by atoms with Gasteiger partial charge in [0.15, 0.2) is 0 Å². The number of hydrogen-bond donors (Lipinski definition) is 0. The van der Waals surface area contributed by atoms with Crippen molar-refractivity contribution >= 4 is 21.5 Å². The zero-order chi connectivity index (χ0) is 29.0. The van der Waals surface area contributed by atoms with Crippen LogP contribution in [0.15, 0.2) is 60.7 Å². The van der Waals surface area contributed by atoms with E-state index >= 15 is 0 Å². The second-order valence-electron chi connectivity index (χ2n) is 10.9. The van der Waals surface area contributed by atoms with Crippen molar-refractivity contribution in [1.82, 2.24) is 0 Å². The van der Waals surface area contributed by atoms with Gasteiger partial charge >= 0.3 is 5.97 Å². The minimum atomic E-state index is -2.99. The molecule has 0 spiro atoms. The van der Waals surface area contributed by atoms with E-state index in [1.807, 2.05) is 37.3 Å². The molecule has 0 aromatic heterocycles. The van der Waals surface area contributed by atoms with Crippen LogP contribution >= 0.6 is 0 Å². The van der Waals surface area contributed by atoms with Gasteiger partial charge in [0, 0.05) is 30.6 Å². The van der Waals surface area contributed by atoms with E-state index in [9.17, 15) is 13.2 Å². The monoisotopic (exact) mass is 577 g/mol. The van der Waals surface area contributed by atoms with Crippen molar-refractivity contribution in [2.45, 2.75) is 45.6 Å². The lowest BCUT2D eigenvalue weighted by atomic mass is 9.96. The third-order valence-corrected chi connectivity index (χ3v) is 8.85. The van der Waals surface area contributed by atoms with Crippen LogP contribution in [-0.2, 0) is 32.4 Å². The van der Waals surface area contributed by atoms with Crippen LogP contribution in [-0.4, -0.2) is 52.7 Å². The van der Waals surface area contributed by atoms with Crippen molar-refractivity contribution in [3.63, 3.8) is 0 Å². The van der Waals surface area contributed by atoms with Gasteiger partial charge in [-0.3, -0.25) is 4.79 Å². The Bertz CT molecular complexity index is 1480. The molecule has 1 aliphatic carbocycles. The number of fused-ring (bicyclic) bond motifs is 3. The fraction of sp³-hybridized carbons (Fsp3) is 0.424. The van der Waals surface area contributed by atoms with Gasteiger partial charge in [0.2, 0.25) is 0 Å². The molecular weight excluding hydrogens is 538 g/mol. The molecule has 2 atom stereocenters. The number of carbonyl (C=O) groups is 1. The summed E-state index contributed by atoms with van der Waals surface area (Å²) in [5.41, 5.74) is 7.03. The minimum absolute atomic E-state index is 0.0191. The topological polar surface area (TPSA) is 82.1 Å². The molecule has 1 saturated carbocycles. The number of nitrogens with zero attached hydrogens (tertiary/aromatic N) is 1. The first-order valence-corrected chi connectivity index (χ1v) is 16.5. The summed E-state index contributed by atoms with van der Waals surface area (Å²) in [6.45, 7) is 7.08. The van der Waals surface area contributed by atoms with Crippen molar-refractivity contribution in [2.24, 2.45) is 5.92 Å². The number of sulfone groups is 1. The molecule has 2 aliphatic rings. The minimum Gasteiger partial charge on any atom is -0.494 e. The van der Waals surface area contributed by atoms with E-state index in [2.05, 4.69) is 42.2 Å². The summed E-state index contributed by atoms with van der Waals surface area (Å²) in [5, 5.41) is 0. The summed E-state index contributed by atoms with van der Waals surface area (Å²) in [6.07, 6.45) is 3.47. The molecule has 1 heterocycles. The zero-order valence-corrected chi connectivity index (χ0v) is 24.9. The van der Waals surface area contributed by atoms with Crippen molar-refractivity contribution in [3.05, 3.63) is 77.4 Å². The largest absolute Gasteiger partial charge is 0.494 e. The summed E-state index contributed by atoms with van der Waals surface area (Å²) < 4.78 is 40.0. The highest BCUT2D eigenvalue weighted by Crippen LogP contribution is 2.48. The third-order valence-electron chi connectivity index (χ3n) is 7.82. The smallest absolute Gasteiger partial charge is 0.309 e. The highest BCUT2D eigenvalue weighted by atomic mass is 32.2. The van der Waals surface area contributed by atoms with Gasteiger partial charge in [-0.05, 0) is 97.7 Å². The van der Waals surface area contributed by atoms with Crippen LogP contribution in [0.4, 0.5) is 5.69 Å². The van der Waals surface area contributed by atoms with Gasteiger partial charge in [0.05, 0.1) is 24.9 Å². The molecule has 0 saturated heterocycles. The average Bonchev–Trinajstić information content (AvgIpc) is 3.77. The Balaban J connectivity index is 1.27. The number of carbonyl (C=O) groups excluding carboxylic acids is 1. The highest BCUT2D eigenvalue weighted by Gasteiger charge is 2.45. The lowest BCUT2D eigenvalue weighted by Gasteiger charge is -2.23. The Kier molecular flexibility index (Phi) is 8.88. The van der Waals surface area contributed by atoms with Gasteiger partial charge in [-0.15, -0.1) is 0 Å². The molecule has 218 valence electrons. The molecule has 1 fully saturated rings. The SMILES string of the molecule is CCOC(=O)[C@H]1CC1c1ccc(OCc2ccc3c(c2)-c2ccc(OCCCS(C)(=O)=O)cc2CCN3CC)cc1. The maximum atomic E-state index is 12.0. The van der Waals surface area contributed by atoms with Crippen molar-refractivity contribution in [1.29, 1.82) is 0 Å². The van der Waals surface area contributed by atoms with Crippen LogP contribution in [0.2, 0.25) is 0 Å². The fourth-order valence-electron chi connectivity index (χ4n) is 5.56. The second kappa shape index (κ2) is 12.6. The van der Waals surface area contributed by atoms with E-state index in [0.29, 0.717) is 26.2 Å². The van der Waals surface area contributed by atoms with Crippen LogP contribution in [0.3, 0.4) is 0 Å². The van der Waals surface area contributed by atoms with E-state index < -0.39 is 9.84 Å². The Hall–Kier alpha value is -3.52. The lowest BCUT2D eigenvalue weighted by Crippen LogP contribution is -2.24. The summed E-state index contributed by atoms with van der Waals surface area (Å²) in [4.78, 5) is 14.4. The van der Waals surface area contributed by atoms with Gasteiger partial charge < -0.3 is 19.1 Å². The summed E-state index contributed by atoms with van der Waals surface area (Å²) in [5.74, 6) is 1.82. The van der Waals surface area contributed by atoms with E-state index in [-0.39, 0.29) is 23.6 Å². The van der Waals surface area contributed by atoms with Crippen LogP contribution in [0, 0.1) is 5.92 Å². The Morgan fingerprint density at radius 1 is 0.951 bits per heavy atom. The molecule has 3 aromatic rings. The molecule has 0 bridgehead atoms. The quantitative estimate of drug-likeness (QED) is 0.199. The van der Waals surface area contributed by atoms with Gasteiger partial charge in [-0.2, -0.15) is 0 Å². The summed E-state index contributed by atoms with van der Waals surface area (Å²) in [6, 6.07) is 20.8. The normalized spacial score (nSPS) is 17.7. The van der Waals surface area contributed by atoms with Crippen LogP contribution < -0.4 is 14.4 Å². The number of ether oxygens (including phenoxy) is 3. The third kappa shape index (κ3) is 7.22. The Labute approximate surface area is 243 Å². The molecule has 3 aromatic carbocycles. The molecule has 1 aliphatic heterocycles. The lowest BCUT2D eigenvalue weighted by molar-refractivity contribution is -0.144. The number of likely N-dealkylation sites (N-methyl/N-ethyl adjacent to an activating group) is 1. The second-order valence-corrected chi connectivity index (χ2v) is 13.2. The number of benzene rings is 3. The van der Waals surface area contributed by atoms with Crippen molar-refractivity contribution < 1.29 is 27.4 Å². The molecule has 5 rings (SSSR count). The molecule has 0 amide bonds. The van der Waals surface area contributed by atoms with Crippen LogP contribution in [0.25, 0.3) is 11.1 Å². The molecule has 1 unspecified atom stereocenters. The predicted octanol–water partition coefficient (Wildman–Crippen LogP) is 5.80. The number of anilines is 1. The van der Waals surface area contributed by atoms with Gasteiger partial charge in [0.1, 0.15) is 27.9 Å². The average molecular weight is 578 g/mol. The maximum Gasteiger partial charge on any atom is 0.309 e. The first-order chi connectivity index (χ1) is 19.8. The Morgan fingerprint density at radius 3 is 2.46 bits per heavy atom. The molecule has 0 radical (unpaired) electrons.